The van der Waals surface area contributed by atoms with Gasteiger partial charge in [0.15, 0.2) is 0 Å². The molecule has 33 heavy (non-hydrogen) atoms. The Bertz CT molecular complexity index is 1060. The third-order valence-corrected chi connectivity index (χ3v) is 5.56. The first kappa shape index (κ1) is 22.8. The van der Waals surface area contributed by atoms with Gasteiger partial charge in [0.2, 0.25) is 0 Å². The molecular formula is C25H24F3N3O2. The number of ether oxygens (including phenoxy) is 1. The van der Waals surface area contributed by atoms with Gasteiger partial charge in [-0.15, -0.1) is 0 Å². The maximum Gasteiger partial charge on any atom is 0.416 e. The van der Waals surface area contributed by atoms with Crippen LogP contribution in [0.3, 0.4) is 0 Å². The van der Waals surface area contributed by atoms with Crippen molar-refractivity contribution in [2.24, 2.45) is 0 Å². The summed E-state index contributed by atoms with van der Waals surface area (Å²) >= 11 is 0. The molecule has 1 saturated heterocycles. The van der Waals surface area contributed by atoms with Gasteiger partial charge in [-0.05, 0) is 42.0 Å². The third kappa shape index (κ3) is 6.10. The first-order valence-electron chi connectivity index (χ1n) is 10.7. The summed E-state index contributed by atoms with van der Waals surface area (Å²) in [5.41, 5.74) is 1.68. The van der Waals surface area contributed by atoms with E-state index in [-0.39, 0.29) is 5.91 Å². The summed E-state index contributed by atoms with van der Waals surface area (Å²) in [5.74, 6) is 0.557. The van der Waals surface area contributed by atoms with Crippen molar-refractivity contribution in [3.8, 4) is 5.75 Å². The van der Waals surface area contributed by atoms with E-state index in [1.54, 1.807) is 35.5 Å². The number of hydrogen-bond donors (Lipinski definition) is 0. The third-order valence-electron chi connectivity index (χ3n) is 5.56. The molecule has 5 nitrogen and oxygen atoms in total. The van der Waals surface area contributed by atoms with Gasteiger partial charge in [-0.25, -0.2) is 0 Å². The Kier molecular flexibility index (Phi) is 6.93. The molecule has 1 fully saturated rings. The zero-order valence-electron chi connectivity index (χ0n) is 18.0. The van der Waals surface area contributed by atoms with E-state index in [1.165, 1.54) is 12.1 Å². The number of hydrogen-bond acceptors (Lipinski definition) is 4. The lowest BCUT2D eigenvalue weighted by atomic mass is 10.1. The predicted octanol–water partition coefficient (Wildman–Crippen LogP) is 4.64. The number of piperazine rings is 1. The van der Waals surface area contributed by atoms with Gasteiger partial charge in [0.05, 0.1) is 5.56 Å². The van der Waals surface area contributed by atoms with Crippen molar-refractivity contribution in [3.05, 3.63) is 95.3 Å². The van der Waals surface area contributed by atoms with Gasteiger partial charge in [-0.2, -0.15) is 13.2 Å². The molecule has 3 aromatic rings. The zero-order valence-corrected chi connectivity index (χ0v) is 18.0. The highest BCUT2D eigenvalue weighted by atomic mass is 19.4. The summed E-state index contributed by atoms with van der Waals surface area (Å²) in [5, 5.41) is 0. The molecule has 0 aliphatic carbocycles. The van der Waals surface area contributed by atoms with Crippen LogP contribution in [0.5, 0.6) is 5.75 Å². The number of alkyl halides is 3. The molecule has 0 unspecified atom stereocenters. The fourth-order valence-electron chi connectivity index (χ4n) is 3.72. The van der Waals surface area contributed by atoms with Crippen molar-refractivity contribution in [3.63, 3.8) is 0 Å². The maximum absolute atomic E-state index is 13.0. The van der Waals surface area contributed by atoms with Crippen molar-refractivity contribution in [2.45, 2.75) is 19.3 Å². The van der Waals surface area contributed by atoms with Crippen LogP contribution in [0.15, 0.2) is 73.1 Å². The van der Waals surface area contributed by atoms with E-state index in [9.17, 15) is 18.0 Å². The Balaban J connectivity index is 1.29. The predicted molar refractivity (Wildman–Crippen MR) is 118 cm³/mol. The number of benzene rings is 2. The Labute approximate surface area is 190 Å². The molecule has 0 N–H and O–H groups in total. The zero-order chi connectivity index (χ0) is 23.3. The first-order chi connectivity index (χ1) is 15.9. The highest BCUT2D eigenvalue weighted by molar-refractivity contribution is 5.94. The van der Waals surface area contributed by atoms with Crippen molar-refractivity contribution in [2.75, 3.05) is 26.2 Å². The van der Waals surface area contributed by atoms with Crippen LogP contribution < -0.4 is 4.74 Å². The molecule has 0 bridgehead atoms. The fraction of sp³-hybridized carbons (Fsp3) is 0.280. The second-order valence-corrected chi connectivity index (χ2v) is 7.94. The number of pyridine rings is 1. The van der Waals surface area contributed by atoms with Crippen molar-refractivity contribution in [1.82, 2.24) is 14.8 Å². The van der Waals surface area contributed by atoms with Crippen LogP contribution in [0.4, 0.5) is 13.2 Å². The van der Waals surface area contributed by atoms with E-state index in [0.717, 1.165) is 23.3 Å². The quantitative estimate of drug-likeness (QED) is 0.544. The molecule has 0 atom stereocenters. The lowest BCUT2D eigenvalue weighted by Crippen LogP contribution is -2.48. The number of carbonyl (C=O) groups is 1. The van der Waals surface area contributed by atoms with Crippen molar-refractivity contribution in [1.29, 1.82) is 0 Å². The Hall–Kier alpha value is -3.39. The number of amides is 1. The van der Waals surface area contributed by atoms with Gasteiger partial charge in [0, 0.05) is 56.2 Å². The number of carbonyl (C=O) groups excluding carboxylic acids is 1. The molecule has 4 rings (SSSR count). The summed E-state index contributed by atoms with van der Waals surface area (Å²) in [6.45, 7) is 3.35. The number of nitrogens with zero attached hydrogens (tertiary/aromatic N) is 3. The van der Waals surface area contributed by atoms with Crippen LogP contribution in [0, 0.1) is 0 Å². The normalized spacial score (nSPS) is 14.8. The largest absolute Gasteiger partial charge is 0.489 e. The monoisotopic (exact) mass is 455 g/mol. The molecule has 1 amide bonds. The minimum Gasteiger partial charge on any atom is -0.489 e. The van der Waals surface area contributed by atoms with E-state index in [4.69, 9.17) is 4.74 Å². The number of rotatable bonds is 6. The van der Waals surface area contributed by atoms with Gasteiger partial charge in [0.25, 0.3) is 5.91 Å². The standard InChI is InChI=1S/C25H24F3N3O2/c26-25(27,28)22-8-6-19(7-9-22)17-30-11-13-31(14-12-30)24(32)21-4-1-5-23(15-21)33-18-20-3-2-10-29-16-20/h1-10,15-16H,11-14,17-18H2. The molecule has 172 valence electrons. The van der Waals surface area contributed by atoms with E-state index in [2.05, 4.69) is 9.88 Å². The van der Waals surface area contributed by atoms with Gasteiger partial charge in [-0.1, -0.05) is 24.3 Å². The van der Waals surface area contributed by atoms with Gasteiger partial charge < -0.3 is 9.64 Å². The van der Waals surface area contributed by atoms with Crippen LogP contribution >= 0.6 is 0 Å². The summed E-state index contributed by atoms with van der Waals surface area (Å²) < 4.78 is 44.0. The van der Waals surface area contributed by atoms with Gasteiger partial charge >= 0.3 is 6.18 Å². The second kappa shape index (κ2) is 10.0. The van der Waals surface area contributed by atoms with Crippen LogP contribution in [0.2, 0.25) is 0 Å². The topological polar surface area (TPSA) is 45.7 Å². The highest BCUT2D eigenvalue weighted by Crippen LogP contribution is 2.29. The molecule has 0 radical (unpaired) electrons. The van der Waals surface area contributed by atoms with Gasteiger partial charge in [-0.3, -0.25) is 14.7 Å². The second-order valence-electron chi connectivity index (χ2n) is 7.94. The molecule has 1 aromatic heterocycles. The molecule has 0 saturated carbocycles. The molecular weight excluding hydrogens is 431 g/mol. The van der Waals surface area contributed by atoms with E-state index >= 15 is 0 Å². The summed E-state index contributed by atoms with van der Waals surface area (Å²) in [4.78, 5) is 21.0. The molecule has 2 heterocycles. The Morgan fingerprint density at radius 3 is 2.36 bits per heavy atom. The average molecular weight is 455 g/mol. The molecule has 8 heteroatoms. The Morgan fingerprint density at radius 1 is 0.939 bits per heavy atom. The minimum absolute atomic E-state index is 0.0593. The smallest absolute Gasteiger partial charge is 0.416 e. The first-order valence-corrected chi connectivity index (χ1v) is 10.7. The minimum atomic E-state index is -4.33. The fourth-order valence-corrected chi connectivity index (χ4v) is 3.72. The summed E-state index contributed by atoms with van der Waals surface area (Å²) in [6.07, 6.45) is -0.892. The van der Waals surface area contributed by atoms with Gasteiger partial charge in [0.1, 0.15) is 12.4 Å². The number of aromatic nitrogens is 1. The van der Waals surface area contributed by atoms with E-state index in [0.29, 0.717) is 50.6 Å². The van der Waals surface area contributed by atoms with E-state index < -0.39 is 11.7 Å². The lowest BCUT2D eigenvalue weighted by Gasteiger charge is -2.34. The van der Waals surface area contributed by atoms with Crippen LogP contribution in [-0.2, 0) is 19.3 Å². The summed E-state index contributed by atoms with van der Waals surface area (Å²) in [6, 6.07) is 16.1. The maximum atomic E-state index is 13.0. The molecule has 1 aliphatic heterocycles. The average Bonchev–Trinajstić information content (AvgIpc) is 2.83. The van der Waals surface area contributed by atoms with E-state index in [1.807, 2.05) is 18.2 Å². The van der Waals surface area contributed by atoms with Crippen molar-refractivity contribution < 1.29 is 22.7 Å². The summed E-state index contributed by atoms with van der Waals surface area (Å²) in [7, 11) is 0. The molecule has 2 aromatic carbocycles. The molecule has 0 spiro atoms. The van der Waals surface area contributed by atoms with Crippen LogP contribution in [0.25, 0.3) is 0 Å². The Morgan fingerprint density at radius 2 is 1.70 bits per heavy atom. The highest BCUT2D eigenvalue weighted by Gasteiger charge is 2.30. The lowest BCUT2D eigenvalue weighted by molar-refractivity contribution is -0.137. The number of halogens is 3. The van der Waals surface area contributed by atoms with Crippen molar-refractivity contribution >= 4 is 5.91 Å². The van der Waals surface area contributed by atoms with Crippen LogP contribution in [-0.4, -0.2) is 46.9 Å². The molecule has 1 aliphatic rings. The van der Waals surface area contributed by atoms with Crippen LogP contribution in [0.1, 0.15) is 27.0 Å². The SMILES string of the molecule is O=C(c1cccc(OCc2cccnc2)c1)N1CCN(Cc2ccc(C(F)(F)F)cc2)CC1.